The van der Waals surface area contributed by atoms with Crippen LogP contribution in [0.25, 0.3) is 6.08 Å². The summed E-state index contributed by atoms with van der Waals surface area (Å²) in [6.07, 6.45) is 3.40. The lowest BCUT2D eigenvalue weighted by molar-refractivity contribution is 0.104. The van der Waals surface area contributed by atoms with Gasteiger partial charge in [-0.2, -0.15) is 0 Å². The molecule has 23 heavy (non-hydrogen) atoms. The van der Waals surface area contributed by atoms with Crippen LogP contribution in [0.3, 0.4) is 0 Å². The maximum atomic E-state index is 12.2. The van der Waals surface area contributed by atoms with E-state index in [0.717, 1.165) is 11.3 Å². The highest BCUT2D eigenvalue weighted by atomic mass is 16.5. The van der Waals surface area contributed by atoms with E-state index in [1.165, 1.54) is 0 Å². The average Bonchev–Trinajstić information content (AvgIpc) is 2.62. The lowest BCUT2D eigenvalue weighted by atomic mass is 10.1. The highest BCUT2D eigenvalue weighted by molar-refractivity contribution is 6.06. The molecule has 112 valence electrons. The molecule has 0 aromatic heterocycles. The predicted octanol–water partition coefficient (Wildman–Crippen LogP) is 5.38. The summed E-state index contributed by atoms with van der Waals surface area (Å²) in [6.45, 7) is 0. The lowest BCUT2D eigenvalue weighted by Crippen LogP contribution is -1.94. The van der Waals surface area contributed by atoms with Crippen molar-refractivity contribution in [3.05, 3.63) is 102 Å². The van der Waals surface area contributed by atoms with Crippen LogP contribution >= 0.6 is 0 Å². The number of hydrogen-bond acceptors (Lipinski definition) is 2. The number of para-hydroxylation sites is 1. The topological polar surface area (TPSA) is 26.3 Å². The molecular formula is C21H16O2. The van der Waals surface area contributed by atoms with Crippen molar-refractivity contribution < 1.29 is 9.53 Å². The van der Waals surface area contributed by atoms with Crippen LogP contribution in [-0.4, -0.2) is 5.78 Å². The quantitative estimate of drug-likeness (QED) is 0.467. The zero-order valence-electron chi connectivity index (χ0n) is 12.6. The Labute approximate surface area is 135 Å². The van der Waals surface area contributed by atoms with Crippen LogP contribution < -0.4 is 4.74 Å². The molecule has 2 nitrogen and oxygen atoms in total. The molecule has 0 saturated heterocycles. The molecule has 0 bridgehead atoms. The third-order valence-corrected chi connectivity index (χ3v) is 3.34. The average molecular weight is 300 g/mol. The molecule has 0 unspecified atom stereocenters. The van der Waals surface area contributed by atoms with Crippen LogP contribution in [0.1, 0.15) is 15.9 Å². The zero-order chi connectivity index (χ0) is 15.9. The zero-order valence-corrected chi connectivity index (χ0v) is 12.6. The molecule has 0 N–H and O–H groups in total. The molecular weight excluding hydrogens is 284 g/mol. The molecule has 0 aliphatic heterocycles. The third kappa shape index (κ3) is 4.17. The number of allylic oxidation sites excluding steroid dienone is 1. The Balaban J connectivity index is 1.67. The van der Waals surface area contributed by atoms with Crippen LogP contribution in [-0.2, 0) is 0 Å². The molecule has 0 fully saturated rings. The standard InChI is InChI=1S/C21H16O2/c22-21(16-11-17-7-3-1-4-8-17)18-12-14-20(15-13-18)23-19-9-5-2-6-10-19/h1-16H. The number of ether oxygens (including phenoxy) is 1. The van der Waals surface area contributed by atoms with E-state index in [4.69, 9.17) is 4.74 Å². The van der Waals surface area contributed by atoms with Gasteiger partial charge in [0.15, 0.2) is 5.78 Å². The van der Waals surface area contributed by atoms with Gasteiger partial charge in [0.1, 0.15) is 11.5 Å². The second-order valence-corrected chi connectivity index (χ2v) is 5.05. The Morgan fingerprint density at radius 2 is 1.26 bits per heavy atom. The number of ketones is 1. The van der Waals surface area contributed by atoms with Gasteiger partial charge >= 0.3 is 0 Å². The molecule has 0 spiro atoms. The summed E-state index contributed by atoms with van der Waals surface area (Å²) in [5.41, 5.74) is 1.64. The highest BCUT2D eigenvalue weighted by Crippen LogP contribution is 2.21. The Morgan fingerprint density at radius 3 is 1.91 bits per heavy atom. The van der Waals surface area contributed by atoms with Crippen molar-refractivity contribution in [2.24, 2.45) is 0 Å². The second kappa shape index (κ2) is 7.23. The van der Waals surface area contributed by atoms with Crippen LogP contribution in [0.2, 0.25) is 0 Å². The minimum Gasteiger partial charge on any atom is -0.457 e. The fraction of sp³-hybridized carbons (Fsp3) is 0. The van der Waals surface area contributed by atoms with E-state index in [2.05, 4.69) is 0 Å². The van der Waals surface area contributed by atoms with Crippen molar-refractivity contribution in [1.29, 1.82) is 0 Å². The first-order chi connectivity index (χ1) is 11.3. The fourth-order valence-electron chi connectivity index (χ4n) is 2.14. The largest absolute Gasteiger partial charge is 0.457 e. The minimum atomic E-state index is -0.0277. The van der Waals surface area contributed by atoms with Gasteiger partial charge in [-0.05, 0) is 48.0 Å². The van der Waals surface area contributed by atoms with Crippen LogP contribution in [0.4, 0.5) is 0 Å². The Morgan fingerprint density at radius 1 is 0.696 bits per heavy atom. The van der Waals surface area contributed by atoms with Crippen molar-refractivity contribution in [3.8, 4) is 11.5 Å². The Bertz CT molecular complexity index is 788. The predicted molar refractivity (Wildman–Crippen MR) is 92.8 cm³/mol. The van der Waals surface area contributed by atoms with Crippen molar-refractivity contribution in [2.75, 3.05) is 0 Å². The molecule has 0 amide bonds. The van der Waals surface area contributed by atoms with Gasteiger partial charge in [-0.25, -0.2) is 0 Å². The maximum Gasteiger partial charge on any atom is 0.185 e. The Kier molecular flexibility index (Phi) is 4.65. The Hall–Kier alpha value is -3.13. The van der Waals surface area contributed by atoms with Gasteiger partial charge in [-0.15, -0.1) is 0 Å². The third-order valence-electron chi connectivity index (χ3n) is 3.34. The molecule has 3 rings (SSSR count). The fourth-order valence-corrected chi connectivity index (χ4v) is 2.14. The SMILES string of the molecule is O=C(C=Cc1ccccc1)c1ccc(Oc2ccccc2)cc1. The van der Waals surface area contributed by atoms with Crippen molar-refractivity contribution >= 4 is 11.9 Å². The first kappa shape index (κ1) is 14.8. The molecule has 2 heteroatoms. The molecule has 0 radical (unpaired) electrons. The second-order valence-electron chi connectivity index (χ2n) is 5.05. The summed E-state index contributed by atoms with van der Waals surface area (Å²) >= 11 is 0. The monoisotopic (exact) mass is 300 g/mol. The van der Waals surface area contributed by atoms with Crippen LogP contribution in [0, 0.1) is 0 Å². The normalized spacial score (nSPS) is 10.6. The van der Waals surface area contributed by atoms with E-state index in [0.29, 0.717) is 11.3 Å². The summed E-state index contributed by atoms with van der Waals surface area (Å²) < 4.78 is 5.71. The molecule has 3 aromatic carbocycles. The first-order valence-corrected chi connectivity index (χ1v) is 7.42. The minimum absolute atomic E-state index is 0.0277. The van der Waals surface area contributed by atoms with Gasteiger partial charge in [0.2, 0.25) is 0 Å². The smallest absolute Gasteiger partial charge is 0.185 e. The van der Waals surface area contributed by atoms with Gasteiger partial charge in [-0.1, -0.05) is 54.6 Å². The van der Waals surface area contributed by atoms with E-state index in [-0.39, 0.29) is 5.78 Å². The van der Waals surface area contributed by atoms with Gasteiger partial charge in [-0.3, -0.25) is 4.79 Å². The van der Waals surface area contributed by atoms with Crippen molar-refractivity contribution in [3.63, 3.8) is 0 Å². The summed E-state index contributed by atoms with van der Waals surface area (Å²) in [7, 11) is 0. The number of benzene rings is 3. The van der Waals surface area contributed by atoms with E-state index >= 15 is 0 Å². The van der Waals surface area contributed by atoms with Crippen molar-refractivity contribution in [1.82, 2.24) is 0 Å². The summed E-state index contributed by atoms with van der Waals surface area (Å²) in [6, 6.07) is 26.5. The molecule has 0 saturated carbocycles. The van der Waals surface area contributed by atoms with E-state index < -0.39 is 0 Å². The van der Waals surface area contributed by atoms with Crippen LogP contribution in [0.5, 0.6) is 11.5 Å². The van der Waals surface area contributed by atoms with E-state index in [9.17, 15) is 4.79 Å². The molecule has 0 atom stereocenters. The summed E-state index contributed by atoms with van der Waals surface area (Å²) in [5.74, 6) is 1.45. The van der Waals surface area contributed by atoms with E-state index in [1.54, 1.807) is 30.3 Å². The highest BCUT2D eigenvalue weighted by Gasteiger charge is 2.03. The van der Waals surface area contributed by atoms with Crippen molar-refractivity contribution in [2.45, 2.75) is 0 Å². The summed E-state index contributed by atoms with van der Waals surface area (Å²) in [5, 5.41) is 0. The number of carbonyl (C=O) groups is 1. The van der Waals surface area contributed by atoms with Crippen LogP contribution in [0.15, 0.2) is 91.0 Å². The molecule has 0 heterocycles. The van der Waals surface area contributed by atoms with Gasteiger partial charge < -0.3 is 4.74 Å². The van der Waals surface area contributed by atoms with Gasteiger partial charge in [0.05, 0.1) is 0 Å². The number of carbonyl (C=O) groups excluding carboxylic acids is 1. The molecule has 3 aromatic rings. The van der Waals surface area contributed by atoms with E-state index in [1.807, 2.05) is 66.7 Å². The molecule has 0 aliphatic rings. The lowest BCUT2D eigenvalue weighted by Gasteiger charge is -2.05. The number of rotatable bonds is 5. The number of hydrogen-bond donors (Lipinski definition) is 0. The van der Waals surface area contributed by atoms with Gasteiger partial charge in [0.25, 0.3) is 0 Å². The summed E-state index contributed by atoms with van der Waals surface area (Å²) in [4.78, 5) is 12.2. The maximum absolute atomic E-state index is 12.2. The first-order valence-electron chi connectivity index (χ1n) is 7.42. The molecule has 0 aliphatic carbocycles. The van der Waals surface area contributed by atoms with Gasteiger partial charge in [0, 0.05) is 5.56 Å².